The molecular formula is C14H19BrClFN2O. The molecule has 1 aromatic carbocycles. The highest BCUT2D eigenvalue weighted by molar-refractivity contribution is 9.10. The van der Waals surface area contributed by atoms with Crippen LogP contribution < -0.4 is 5.73 Å². The highest BCUT2D eigenvalue weighted by atomic mass is 79.9. The largest absolute Gasteiger partial charge is 0.338 e. The molecule has 0 radical (unpaired) electrons. The lowest BCUT2D eigenvalue weighted by molar-refractivity contribution is 0.0660. The molecule has 2 unspecified atom stereocenters. The van der Waals surface area contributed by atoms with Crippen LogP contribution in [0.15, 0.2) is 22.7 Å². The quantitative estimate of drug-likeness (QED) is 0.875. The van der Waals surface area contributed by atoms with Crippen molar-refractivity contribution < 1.29 is 9.18 Å². The number of hydrogen-bond donors (Lipinski definition) is 1. The predicted octanol–water partition coefficient (Wildman–Crippen LogP) is 3.21. The molecule has 0 bridgehead atoms. The smallest absolute Gasteiger partial charge is 0.253 e. The number of benzene rings is 1. The highest BCUT2D eigenvalue weighted by Crippen LogP contribution is 2.22. The molecule has 20 heavy (non-hydrogen) atoms. The second-order valence-corrected chi connectivity index (χ2v) is 6.00. The van der Waals surface area contributed by atoms with Gasteiger partial charge in [0.15, 0.2) is 0 Å². The Labute approximate surface area is 133 Å². The zero-order valence-electron chi connectivity index (χ0n) is 11.3. The van der Waals surface area contributed by atoms with Gasteiger partial charge in [0.25, 0.3) is 5.91 Å². The summed E-state index contributed by atoms with van der Waals surface area (Å²) in [6, 6.07) is 4.57. The van der Waals surface area contributed by atoms with E-state index in [1.54, 1.807) is 17.0 Å². The lowest BCUT2D eigenvalue weighted by Gasteiger charge is -2.34. The summed E-state index contributed by atoms with van der Waals surface area (Å²) < 4.78 is 13.8. The molecule has 1 amide bonds. The van der Waals surface area contributed by atoms with Crippen molar-refractivity contribution in [2.24, 2.45) is 11.7 Å². The Hall–Kier alpha value is -0.650. The zero-order chi connectivity index (χ0) is 14.0. The fourth-order valence-electron chi connectivity index (χ4n) is 2.44. The number of carbonyl (C=O) groups is 1. The summed E-state index contributed by atoms with van der Waals surface area (Å²) in [5.74, 6) is -0.193. The summed E-state index contributed by atoms with van der Waals surface area (Å²) in [5, 5.41) is 0. The van der Waals surface area contributed by atoms with Gasteiger partial charge in [-0.25, -0.2) is 4.39 Å². The minimum Gasteiger partial charge on any atom is -0.338 e. The molecule has 1 heterocycles. The maximum atomic E-state index is 13.5. The van der Waals surface area contributed by atoms with Gasteiger partial charge < -0.3 is 10.6 Å². The van der Waals surface area contributed by atoms with Crippen LogP contribution in [0.3, 0.4) is 0 Å². The monoisotopic (exact) mass is 364 g/mol. The Bertz CT molecular complexity index is 484. The van der Waals surface area contributed by atoms with Gasteiger partial charge >= 0.3 is 0 Å². The number of likely N-dealkylation sites (tertiary alicyclic amines) is 1. The van der Waals surface area contributed by atoms with Crippen LogP contribution in [0, 0.1) is 11.7 Å². The Balaban J connectivity index is 0.00000200. The number of carbonyl (C=O) groups excluding carboxylic acids is 1. The fourth-order valence-corrected chi connectivity index (χ4v) is 2.68. The number of piperidine rings is 1. The number of rotatable bonds is 2. The molecule has 0 aliphatic carbocycles. The number of nitrogens with two attached hydrogens (primary N) is 1. The van der Waals surface area contributed by atoms with Gasteiger partial charge in [-0.3, -0.25) is 4.79 Å². The SMILES string of the molecule is CC(N)C1CCCN(C(=O)c2ccc(Br)c(F)c2)C1.Cl. The van der Waals surface area contributed by atoms with Crippen molar-refractivity contribution in [3.63, 3.8) is 0 Å². The van der Waals surface area contributed by atoms with E-state index in [9.17, 15) is 9.18 Å². The van der Waals surface area contributed by atoms with Crippen LogP contribution in [0.2, 0.25) is 0 Å². The van der Waals surface area contributed by atoms with E-state index in [1.807, 2.05) is 6.92 Å². The third kappa shape index (κ3) is 3.93. The fraction of sp³-hybridized carbons (Fsp3) is 0.500. The summed E-state index contributed by atoms with van der Waals surface area (Å²) in [5.41, 5.74) is 6.30. The normalized spacial score (nSPS) is 20.2. The summed E-state index contributed by atoms with van der Waals surface area (Å²) in [6.45, 7) is 3.35. The summed E-state index contributed by atoms with van der Waals surface area (Å²) in [4.78, 5) is 14.1. The summed E-state index contributed by atoms with van der Waals surface area (Å²) in [7, 11) is 0. The van der Waals surface area contributed by atoms with Crippen molar-refractivity contribution in [3.8, 4) is 0 Å². The second kappa shape index (κ2) is 7.38. The third-order valence-electron chi connectivity index (χ3n) is 3.66. The first-order chi connectivity index (χ1) is 8.99. The summed E-state index contributed by atoms with van der Waals surface area (Å²) >= 11 is 3.09. The van der Waals surface area contributed by atoms with E-state index in [2.05, 4.69) is 15.9 Å². The van der Waals surface area contributed by atoms with E-state index < -0.39 is 5.82 Å². The molecule has 2 rings (SSSR count). The first-order valence-corrected chi connectivity index (χ1v) is 7.28. The van der Waals surface area contributed by atoms with Crippen molar-refractivity contribution >= 4 is 34.2 Å². The number of halogens is 3. The van der Waals surface area contributed by atoms with E-state index in [4.69, 9.17) is 5.73 Å². The predicted molar refractivity (Wildman–Crippen MR) is 83.6 cm³/mol. The van der Waals surface area contributed by atoms with Gasteiger partial charge in [0.1, 0.15) is 5.82 Å². The third-order valence-corrected chi connectivity index (χ3v) is 4.30. The Kier molecular flexibility index (Phi) is 6.43. The summed E-state index contributed by atoms with van der Waals surface area (Å²) in [6.07, 6.45) is 2.01. The van der Waals surface area contributed by atoms with E-state index in [1.165, 1.54) is 6.07 Å². The van der Waals surface area contributed by atoms with Crippen LogP contribution in [-0.2, 0) is 0 Å². The van der Waals surface area contributed by atoms with Gasteiger partial charge in [-0.05, 0) is 59.8 Å². The van der Waals surface area contributed by atoms with Crippen molar-refractivity contribution in [3.05, 3.63) is 34.1 Å². The van der Waals surface area contributed by atoms with Crippen LogP contribution in [0.4, 0.5) is 4.39 Å². The Morgan fingerprint density at radius 2 is 2.25 bits per heavy atom. The van der Waals surface area contributed by atoms with Crippen LogP contribution in [-0.4, -0.2) is 29.9 Å². The molecule has 0 aromatic heterocycles. The number of hydrogen-bond acceptors (Lipinski definition) is 2. The zero-order valence-corrected chi connectivity index (χ0v) is 13.7. The molecule has 2 atom stereocenters. The molecule has 1 aliphatic heterocycles. The lowest BCUT2D eigenvalue weighted by atomic mass is 9.92. The topological polar surface area (TPSA) is 46.3 Å². The molecule has 0 saturated carbocycles. The lowest BCUT2D eigenvalue weighted by Crippen LogP contribution is -2.45. The number of nitrogens with zero attached hydrogens (tertiary/aromatic N) is 1. The van der Waals surface area contributed by atoms with E-state index in [0.717, 1.165) is 19.4 Å². The first kappa shape index (κ1) is 17.4. The van der Waals surface area contributed by atoms with Gasteiger partial charge in [-0.1, -0.05) is 0 Å². The standard InChI is InChI=1S/C14H18BrFN2O.ClH/c1-9(17)11-3-2-6-18(8-11)14(19)10-4-5-12(15)13(16)7-10;/h4-5,7,9,11H,2-3,6,8,17H2,1H3;1H. The van der Waals surface area contributed by atoms with Crippen LogP contribution in [0.25, 0.3) is 0 Å². The average Bonchev–Trinajstić information content (AvgIpc) is 2.41. The minimum absolute atomic E-state index is 0. The van der Waals surface area contributed by atoms with E-state index >= 15 is 0 Å². The van der Waals surface area contributed by atoms with Gasteiger partial charge in [0.05, 0.1) is 4.47 Å². The molecule has 1 aliphatic rings. The van der Waals surface area contributed by atoms with Crippen molar-refractivity contribution in [2.75, 3.05) is 13.1 Å². The van der Waals surface area contributed by atoms with Gasteiger partial charge in [-0.2, -0.15) is 0 Å². The molecule has 1 aromatic rings. The van der Waals surface area contributed by atoms with Crippen LogP contribution >= 0.6 is 28.3 Å². The van der Waals surface area contributed by atoms with Crippen molar-refractivity contribution in [2.45, 2.75) is 25.8 Å². The molecule has 1 fully saturated rings. The molecule has 0 spiro atoms. The average molecular weight is 366 g/mol. The second-order valence-electron chi connectivity index (χ2n) is 5.14. The molecular weight excluding hydrogens is 347 g/mol. The van der Waals surface area contributed by atoms with Gasteiger partial charge in [-0.15, -0.1) is 12.4 Å². The van der Waals surface area contributed by atoms with Crippen molar-refractivity contribution in [1.29, 1.82) is 0 Å². The van der Waals surface area contributed by atoms with Crippen LogP contribution in [0.1, 0.15) is 30.1 Å². The maximum absolute atomic E-state index is 13.5. The molecule has 1 saturated heterocycles. The minimum atomic E-state index is -0.411. The molecule has 6 heteroatoms. The molecule has 3 nitrogen and oxygen atoms in total. The Morgan fingerprint density at radius 1 is 1.55 bits per heavy atom. The molecule has 2 N–H and O–H groups in total. The first-order valence-electron chi connectivity index (χ1n) is 6.49. The van der Waals surface area contributed by atoms with Crippen LogP contribution in [0.5, 0.6) is 0 Å². The van der Waals surface area contributed by atoms with Gasteiger partial charge in [0.2, 0.25) is 0 Å². The van der Waals surface area contributed by atoms with E-state index in [-0.39, 0.29) is 24.4 Å². The number of amides is 1. The van der Waals surface area contributed by atoms with Crippen molar-refractivity contribution in [1.82, 2.24) is 4.90 Å². The van der Waals surface area contributed by atoms with E-state index in [0.29, 0.717) is 22.5 Å². The highest BCUT2D eigenvalue weighted by Gasteiger charge is 2.26. The molecule has 112 valence electrons. The van der Waals surface area contributed by atoms with Gasteiger partial charge in [0, 0.05) is 24.7 Å². The Morgan fingerprint density at radius 3 is 2.85 bits per heavy atom. The maximum Gasteiger partial charge on any atom is 0.253 e.